The van der Waals surface area contributed by atoms with Crippen LogP contribution in [0.2, 0.25) is 0 Å². The summed E-state index contributed by atoms with van der Waals surface area (Å²) in [6, 6.07) is 10.5. The first kappa shape index (κ1) is 15.0. The van der Waals surface area contributed by atoms with Gasteiger partial charge in [0.15, 0.2) is 11.9 Å². The lowest BCUT2D eigenvalue weighted by atomic mass is 10.2. The Morgan fingerprint density at radius 2 is 2.13 bits per heavy atom. The minimum Gasteiger partial charge on any atom is -0.473 e. The summed E-state index contributed by atoms with van der Waals surface area (Å²) in [5.41, 5.74) is 12.1. The van der Waals surface area contributed by atoms with Crippen molar-refractivity contribution in [3.63, 3.8) is 0 Å². The third kappa shape index (κ3) is 3.32. The molecule has 0 bridgehead atoms. The average molecular weight is 329 g/mol. The highest BCUT2D eigenvalue weighted by Gasteiger charge is 2.08. The number of anilines is 2. The number of rotatable bonds is 5. The van der Waals surface area contributed by atoms with Gasteiger partial charge >= 0.3 is 0 Å². The number of hydrogen-bond donors (Lipinski definition) is 2. The van der Waals surface area contributed by atoms with Crippen LogP contribution in [-0.2, 0) is 0 Å². The van der Waals surface area contributed by atoms with Gasteiger partial charge in [0.1, 0.15) is 21.9 Å². The van der Waals surface area contributed by atoms with E-state index in [0.29, 0.717) is 16.4 Å². The molecule has 0 aliphatic rings. The molecule has 0 spiro atoms. The van der Waals surface area contributed by atoms with Crippen molar-refractivity contribution in [3.05, 3.63) is 42.0 Å². The summed E-state index contributed by atoms with van der Waals surface area (Å²) in [5.74, 6) is 0.821. The van der Waals surface area contributed by atoms with Crippen LogP contribution in [0.4, 0.5) is 10.9 Å². The van der Waals surface area contributed by atoms with Crippen molar-refractivity contribution in [1.82, 2.24) is 9.97 Å². The molecule has 3 rings (SSSR count). The summed E-state index contributed by atoms with van der Waals surface area (Å²) in [4.78, 5) is 22.5. The Bertz CT molecular complexity index is 864. The smallest absolute Gasteiger partial charge is 0.248 e. The van der Waals surface area contributed by atoms with Gasteiger partial charge in [0.2, 0.25) is 5.91 Å². The Balaban J connectivity index is 1.71. The van der Waals surface area contributed by atoms with E-state index in [1.165, 1.54) is 11.3 Å². The molecule has 0 fully saturated rings. The largest absolute Gasteiger partial charge is 0.473 e. The van der Waals surface area contributed by atoms with Crippen LogP contribution < -0.4 is 21.1 Å². The molecule has 1 aromatic carbocycles. The third-order valence-electron chi connectivity index (χ3n) is 3.19. The predicted octanol–water partition coefficient (Wildman–Crippen LogP) is 1.85. The summed E-state index contributed by atoms with van der Waals surface area (Å²) in [6.45, 7) is 0.273. The van der Waals surface area contributed by atoms with Gasteiger partial charge in [-0.15, -0.1) is 0 Å². The molecule has 0 saturated heterocycles. The molecular formula is C15H15N5O2S. The number of hydrogen-bond acceptors (Lipinski definition) is 7. The highest BCUT2D eigenvalue weighted by Crippen LogP contribution is 2.24. The fraction of sp³-hybridized carbons (Fsp3) is 0.133. The van der Waals surface area contributed by atoms with Crippen molar-refractivity contribution in [2.75, 3.05) is 24.4 Å². The van der Waals surface area contributed by atoms with Gasteiger partial charge in [-0.25, -0.2) is 9.97 Å². The molecule has 2 heterocycles. The molecule has 0 saturated carbocycles. The van der Waals surface area contributed by atoms with E-state index in [1.54, 1.807) is 24.3 Å². The highest BCUT2D eigenvalue weighted by atomic mass is 32.1. The maximum atomic E-state index is 11.2. The van der Waals surface area contributed by atoms with Crippen LogP contribution in [0.15, 0.2) is 36.4 Å². The van der Waals surface area contributed by atoms with E-state index in [0.717, 1.165) is 16.2 Å². The Morgan fingerprint density at radius 3 is 2.91 bits per heavy atom. The van der Waals surface area contributed by atoms with Gasteiger partial charge in [0, 0.05) is 12.6 Å². The summed E-state index contributed by atoms with van der Waals surface area (Å²) in [6.07, 6.45) is 0. The number of pyridine rings is 1. The number of nitrogens with two attached hydrogens (primary N) is 2. The van der Waals surface area contributed by atoms with Crippen molar-refractivity contribution in [3.8, 4) is 5.75 Å². The van der Waals surface area contributed by atoms with Crippen LogP contribution in [0.3, 0.4) is 0 Å². The van der Waals surface area contributed by atoms with Crippen molar-refractivity contribution >= 4 is 38.5 Å². The van der Waals surface area contributed by atoms with Crippen molar-refractivity contribution in [1.29, 1.82) is 0 Å². The number of benzene rings is 1. The van der Waals surface area contributed by atoms with Crippen molar-refractivity contribution in [2.24, 2.45) is 5.73 Å². The van der Waals surface area contributed by atoms with Crippen molar-refractivity contribution < 1.29 is 9.53 Å². The van der Waals surface area contributed by atoms with E-state index < -0.39 is 5.91 Å². The summed E-state index contributed by atoms with van der Waals surface area (Å²) >= 11 is 1.34. The number of nitrogen functional groups attached to an aromatic ring is 1. The number of amides is 1. The summed E-state index contributed by atoms with van der Waals surface area (Å²) in [7, 11) is 1.86. The van der Waals surface area contributed by atoms with Crippen LogP contribution >= 0.6 is 11.3 Å². The van der Waals surface area contributed by atoms with Gasteiger partial charge in [-0.05, 0) is 30.3 Å². The lowest BCUT2D eigenvalue weighted by Crippen LogP contribution is -2.24. The number of primary amides is 1. The van der Waals surface area contributed by atoms with E-state index in [4.69, 9.17) is 16.2 Å². The standard InChI is InChI=1S/C15H15N5O2S/c1-20(8-22-10-4-2-3-9(7-10)13(16)21)12-6-5-11-14(19-12)23-15(17)18-11/h2-7H,8H2,1H3,(H2,16,21)(H2,17,18). The Kier molecular flexibility index (Phi) is 3.98. The number of ether oxygens (including phenoxy) is 1. The zero-order valence-corrected chi connectivity index (χ0v) is 13.2. The minimum atomic E-state index is -0.487. The SMILES string of the molecule is CN(COc1cccc(C(N)=O)c1)c1ccc2nc(N)sc2n1. The second kappa shape index (κ2) is 6.09. The Morgan fingerprint density at radius 1 is 1.30 bits per heavy atom. The van der Waals surface area contributed by atoms with Crippen molar-refractivity contribution in [2.45, 2.75) is 0 Å². The molecule has 7 nitrogen and oxygen atoms in total. The highest BCUT2D eigenvalue weighted by molar-refractivity contribution is 7.21. The maximum Gasteiger partial charge on any atom is 0.248 e. The second-order valence-corrected chi connectivity index (χ2v) is 5.92. The maximum absolute atomic E-state index is 11.2. The number of fused-ring (bicyclic) bond motifs is 1. The van der Waals surface area contributed by atoms with Gasteiger partial charge in [0.05, 0.1) is 0 Å². The zero-order valence-electron chi connectivity index (χ0n) is 12.4. The molecule has 3 aromatic rings. The monoisotopic (exact) mass is 329 g/mol. The van der Waals surface area contributed by atoms with E-state index in [2.05, 4.69) is 9.97 Å². The van der Waals surface area contributed by atoms with E-state index in [-0.39, 0.29) is 6.73 Å². The van der Waals surface area contributed by atoms with Crippen LogP contribution in [0.25, 0.3) is 10.3 Å². The predicted molar refractivity (Wildman–Crippen MR) is 90.7 cm³/mol. The topological polar surface area (TPSA) is 107 Å². The van der Waals surface area contributed by atoms with Gasteiger partial charge in [-0.2, -0.15) is 0 Å². The van der Waals surface area contributed by atoms with E-state index in [1.807, 2.05) is 24.1 Å². The van der Waals surface area contributed by atoms with E-state index in [9.17, 15) is 4.79 Å². The molecule has 118 valence electrons. The Hall–Kier alpha value is -2.87. The van der Waals surface area contributed by atoms with Gasteiger partial charge in [-0.3, -0.25) is 4.79 Å². The summed E-state index contributed by atoms with van der Waals surface area (Å²) < 4.78 is 5.67. The average Bonchev–Trinajstić information content (AvgIpc) is 2.91. The molecule has 1 amide bonds. The molecular weight excluding hydrogens is 314 g/mol. The molecule has 0 aliphatic carbocycles. The normalized spacial score (nSPS) is 10.7. The number of aromatic nitrogens is 2. The lowest BCUT2D eigenvalue weighted by molar-refractivity contribution is 0.1000. The fourth-order valence-corrected chi connectivity index (χ4v) is 2.71. The molecule has 23 heavy (non-hydrogen) atoms. The van der Waals surface area contributed by atoms with Crippen LogP contribution in [0.1, 0.15) is 10.4 Å². The van der Waals surface area contributed by atoms with E-state index >= 15 is 0 Å². The van der Waals surface area contributed by atoms with Crippen LogP contribution in [0.5, 0.6) is 5.75 Å². The summed E-state index contributed by atoms with van der Waals surface area (Å²) in [5, 5.41) is 0.492. The quantitative estimate of drug-likeness (QED) is 0.692. The minimum absolute atomic E-state index is 0.273. The van der Waals surface area contributed by atoms with Crippen LogP contribution in [-0.4, -0.2) is 29.7 Å². The molecule has 0 unspecified atom stereocenters. The van der Waals surface area contributed by atoms with Gasteiger partial charge < -0.3 is 21.1 Å². The molecule has 0 radical (unpaired) electrons. The number of carbonyl (C=O) groups is 1. The molecule has 4 N–H and O–H groups in total. The first-order valence-electron chi connectivity index (χ1n) is 6.80. The first-order valence-corrected chi connectivity index (χ1v) is 7.61. The second-order valence-electron chi connectivity index (χ2n) is 4.91. The van der Waals surface area contributed by atoms with Gasteiger partial charge in [0.25, 0.3) is 0 Å². The van der Waals surface area contributed by atoms with Gasteiger partial charge in [-0.1, -0.05) is 17.4 Å². The number of carbonyl (C=O) groups excluding carboxylic acids is 1. The number of nitrogens with zero attached hydrogens (tertiary/aromatic N) is 3. The zero-order chi connectivity index (χ0) is 16.4. The first-order chi connectivity index (χ1) is 11.0. The molecule has 0 aliphatic heterocycles. The lowest BCUT2D eigenvalue weighted by Gasteiger charge is -2.18. The molecule has 0 atom stereocenters. The third-order valence-corrected chi connectivity index (χ3v) is 3.99. The van der Waals surface area contributed by atoms with Crippen LogP contribution in [0, 0.1) is 0 Å². The number of thiazole rings is 1. The molecule has 2 aromatic heterocycles. The Labute approximate surface area is 136 Å². The molecule has 8 heteroatoms. The fourth-order valence-electron chi connectivity index (χ4n) is 2.01.